The van der Waals surface area contributed by atoms with Crippen LogP contribution in [0, 0.1) is 13.8 Å². The molecule has 1 saturated heterocycles. The molecule has 0 aromatic heterocycles. The normalized spacial score (nSPS) is 15.2. The van der Waals surface area contributed by atoms with E-state index in [1.807, 2.05) is 4.90 Å². The summed E-state index contributed by atoms with van der Waals surface area (Å²) in [5, 5.41) is 0. The summed E-state index contributed by atoms with van der Waals surface area (Å²) < 4.78 is 0. The van der Waals surface area contributed by atoms with Gasteiger partial charge in [-0.3, -0.25) is 9.59 Å². The highest BCUT2D eigenvalue weighted by Crippen LogP contribution is 2.24. The molecule has 1 aromatic carbocycles. The summed E-state index contributed by atoms with van der Waals surface area (Å²) in [6.45, 7) is 8.29. The molecule has 114 valence electrons. The van der Waals surface area contributed by atoms with Gasteiger partial charge >= 0.3 is 0 Å². The summed E-state index contributed by atoms with van der Waals surface area (Å²) in [4.78, 5) is 28.3. The van der Waals surface area contributed by atoms with E-state index in [1.165, 1.54) is 16.0 Å². The highest BCUT2D eigenvalue weighted by Gasteiger charge is 2.22. The molecule has 0 N–H and O–H groups in total. The first-order valence-electron chi connectivity index (χ1n) is 7.20. The van der Waals surface area contributed by atoms with Gasteiger partial charge in [-0.25, -0.2) is 0 Å². The van der Waals surface area contributed by atoms with Crippen LogP contribution in [0.5, 0.6) is 0 Å². The van der Waals surface area contributed by atoms with Crippen molar-refractivity contribution in [3.63, 3.8) is 0 Å². The lowest BCUT2D eigenvalue weighted by molar-refractivity contribution is -0.136. The minimum absolute atomic E-state index is 0.0897. The number of rotatable bonds is 3. The van der Waals surface area contributed by atoms with Crippen LogP contribution in [-0.2, 0) is 9.59 Å². The largest absolute Gasteiger partial charge is 0.339 e. The number of piperazine rings is 1. The average Bonchev–Trinajstić information content (AvgIpc) is 2.48. The first-order valence-corrected chi connectivity index (χ1v) is 8.19. The zero-order chi connectivity index (χ0) is 15.4. The topological polar surface area (TPSA) is 40.6 Å². The summed E-state index contributed by atoms with van der Waals surface area (Å²) in [6.07, 6.45) is 0. The Morgan fingerprint density at radius 2 is 1.71 bits per heavy atom. The molecule has 1 aliphatic heterocycles. The van der Waals surface area contributed by atoms with Crippen LogP contribution in [0.2, 0.25) is 0 Å². The van der Waals surface area contributed by atoms with Crippen molar-refractivity contribution in [2.75, 3.05) is 31.9 Å². The second-order valence-electron chi connectivity index (χ2n) is 5.44. The smallest absolute Gasteiger partial charge is 0.233 e. The predicted molar refractivity (Wildman–Crippen MR) is 85.5 cm³/mol. The summed E-state index contributed by atoms with van der Waals surface area (Å²) in [5.41, 5.74) is 2.42. The Morgan fingerprint density at radius 1 is 1.10 bits per heavy atom. The van der Waals surface area contributed by atoms with E-state index in [9.17, 15) is 9.59 Å². The molecule has 1 aromatic rings. The SMILES string of the molecule is CC(=O)N1CCN(C(=O)CSc2cc(C)ccc2C)CC1. The molecule has 1 fully saturated rings. The molecule has 5 heteroatoms. The van der Waals surface area contributed by atoms with Crippen molar-refractivity contribution in [3.05, 3.63) is 29.3 Å². The van der Waals surface area contributed by atoms with Crippen LogP contribution in [0.1, 0.15) is 18.1 Å². The number of carbonyl (C=O) groups excluding carboxylic acids is 2. The van der Waals surface area contributed by atoms with Crippen LogP contribution in [0.25, 0.3) is 0 Å². The van der Waals surface area contributed by atoms with Gasteiger partial charge in [0.2, 0.25) is 11.8 Å². The molecule has 0 atom stereocenters. The third-order valence-electron chi connectivity index (χ3n) is 3.77. The average molecular weight is 306 g/mol. The Morgan fingerprint density at radius 3 is 2.33 bits per heavy atom. The minimum Gasteiger partial charge on any atom is -0.339 e. The van der Waals surface area contributed by atoms with E-state index in [4.69, 9.17) is 0 Å². The fourth-order valence-corrected chi connectivity index (χ4v) is 3.39. The van der Waals surface area contributed by atoms with Gasteiger partial charge in [-0.1, -0.05) is 17.7 Å². The van der Waals surface area contributed by atoms with Gasteiger partial charge in [0, 0.05) is 38.0 Å². The van der Waals surface area contributed by atoms with Crippen LogP contribution >= 0.6 is 11.8 Å². The van der Waals surface area contributed by atoms with Gasteiger partial charge in [-0.05, 0) is 25.5 Å². The Balaban J connectivity index is 1.85. The number of aryl methyl sites for hydroxylation is 2. The van der Waals surface area contributed by atoms with Gasteiger partial charge in [0.25, 0.3) is 0 Å². The zero-order valence-corrected chi connectivity index (χ0v) is 13.7. The highest BCUT2D eigenvalue weighted by atomic mass is 32.2. The first-order chi connectivity index (χ1) is 9.97. The predicted octanol–water partition coefficient (Wildman–Crippen LogP) is 2.09. The number of nitrogens with zero attached hydrogens (tertiary/aromatic N) is 2. The number of hydrogen-bond donors (Lipinski definition) is 0. The van der Waals surface area contributed by atoms with Gasteiger partial charge in [0.15, 0.2) is 0 Å². The molecular formula is C16H22N2O2S. The minimum atomic E-state index is 0.0897. The molecule has 0 spiro atoms. The number of thioether (sulfide) groups is 1. The fraction of sp³-hybridized carbons (Fsp3) is 0.500. The quantitative estimate of drug-likeness (QED) is 0.803. The Kier molecular flexibility index (Phi) is 5.28. The van der Waals surface area contributed by atoms with Crippen molar-refractivity contribution in [3.8, 4) is 0 Å². The zero-order valence-electron chi connectivity index (χ0n) is 12.9. The monoisotopic (exact) mass is 306 g/mol. The second kappa shape index (κ2) is 6.98. The molecule has 0 radical (unpaired) electrons. The Bertz CT molecular complexity index is 537. The number of carbonyl (C=O) groups is 2. The van der Waals surface area contributed by atoms with Gasteiger partial charge in [-0.15, -0.1) is 11.8 Å². The Labute approximate surface area is 130 Å². The molecule has 1 aliphatic rings. The lowest BCUT2D eigenvalue weighted by Gasteiger charge is -2.34. The maximum Gasteiger partial charge on any atom is 0.233 e. The molecule has 4 nitrogen and oxygen atoms in total. The van der Waals surface area contributed by atoms with Crippen molar-refractivity contribution in [1.29, 1.82) is 0 Å². The van der Waals surface area contributed by atoms with Crippen molar-refractivity contribution < 1.29 is 9.59 Å². The lowest BCUT2D eigenvalue weighted by Crippen LogP contribution is -2.50. The van der Waals surface area contributed by atoms with Crippen molar-refractivity contribution >= 4 is 23.6 Å². The van der Waals surface area contributed by atoms with Crippen molar-refractivity contribution in [2.24, 2.45) is 0 Å². The molecule has 0 unspecified atom stereocenters. The molecule has 2 rings (SSSR count). The molecule has 2 amide bonds. The van der Waals surface area contributed by atoms with E-state index < -0.39 is 0 Å². The number of amides is 2. The second-order valence-corrected chi connectivity index (χ2v) is 6.46. The van der Waals surface area contributed by atoms with E-state index in [0.717, 1.165) is 0 Å². The van der Waals surface area contributed by atoms with Crippen LogP contribution in [0.4, 0.5) is 0 Å². The molecule has 1 heterocycles. The molecule has 0 aliphatic carbocycles. The lowest BCUT2D eigenvalue weighted by atomic mass is 10.2. The van der Waals surface area contributed by atoms with Crippen LogP contribution in [0.3, 0.4) is 0 Å². The number of hydrogen-bond acceptors (Lipinski definition) is 3. The molecule has 0 bridgehead atoms. The first kappa shape index (κ1) is 15.9. The molecule has 0 saturated carbocycles. The van der Waals surface area contributed by atoms with E-state index in [1.54, 1.807) is 23.6 Å². The standard InChI is InChI=1S/C16H22N2O2S/c1-12-4-5-13(2)15(10-12)21-11-16(20)18-8-6-17(7-9-18)14(3)19/h4-5,10H,6-9,11H2,1-3H3. The van der Waals surface area contributed by atoms with Crippen molar-refractivity contribution in [1.82, 2.24) is 9.80 Å². The molecular weight excluding hydrogens is 284 g/mol. The summed E-state index contributed by atoms with van der Waals surface area (Å²) in [5.74, 6) is 0.709. The Hall–Kier alpha value is -1.49. The maximum absolute atomic E-state index is 12.2. The van der Waals surface area contributed by atoms with E-state index in [-0.39, 0.29) is 11.8 Å². The van der Waals surface area contributed by atoms with Gasteiger partial charge in [0.1, 0.15) is 0 Å². The van der Waals surface area contributed by atoms with Crippen LogP contribution in [-0.4, -0.2) is 53.5 Å². The summed E-state index contributed by atoms with van der Waals surface area (Å²) in [6, 6.07) is 6.30. The maximum atomic E-state index is 12.2. The van der Waals surface area contributed by atoms with E-state index >= 15 is 0 Å². The molecule has 21 heavy (non-hydrogen) atoms. The van der Waals surface area contributed by atoms with Crippen LogP contribution < -0.4 is 0 Å². The summed E-state index contributed by atoms with van der Waals surface area (Å²) in [7, 11) is 0. The van der Waals surface area contributed by atoms with Crippen LogP contribution in [0.15, 0.2) is 23.1 Å². The highest BCUT2D eigenvalue weighted by molar-refractivity contribution is 8.00. The van der Waals surface area contributed by atoms with Gasteiger partial charge in [0.05, 0.1) is 5.75 Å². The van der Waals surface area contributed by atoms with Gasteiger partial charge in [-0.2, -0.15) is 0 Å². The van der Waals surface area contributed by atoms with Crippen molar-refractivity contribution in [2.45, 2.75) is 25.7 Å². The third kappa shape index (κ3) is 4.24. The van der Waals surface area contributed by atoms with E-state index in [2.05, 4.69) is 32.0 Å². The summed E-state index contributed by atoms with van der Waals surface area (Å²) >= 11 is 1.60. The number of benzene rings is 1. The van der Waals surface area contributed by atoms with E-state index in [0.29, 0.717) is 31.9 Å². The third-order valence-corrected chi connectivity index (χ3v) is 4.91. The fourth-order valence-electron chi connectivity index (χ4n) is 2.36. The van der Waals surface area contributed by atoms with Gasteiger partial charge < -0.3 is 9.80 Å².